The van der Waals surface area contributed by atoms with Crippen molar-refractivity contribution in [2.45, 2.75) is 13.8 Å². The summed E-state index contributed by atoms with van der Waals surface area (Å²) >= 11 is 1.34. The number of thiazole rings is 1. The minimum absolute atomic E-state index is 0.179. The monoisotopic (exact) mass is 290 g/mol. The summed E-state index contributed by atoms with van der Waals surface area (Å²) in [7, 11) is 0. The number of furan rings is 1. The molecule has 0 atom stereocenters. The maximum atomic E-state index is 13.2. The van der Waals surface area contributed by atoms with Crippen molar-refractivity contribution in [1.29, 1.82) is 0 Å². The number of nitrogens with one attached hydrogen (secondary N) is 1. The summed E-state index contributed by atoms with van der Waals surface area (Å²) in [6.45, 7) is 3.58. The molecule has 0 aliphatic carbocycles. The lowest BCUT2D eigenvalue weighted by Gasteiger charge is -1.98. The van der Waals surface area contributed by atoms with Gasteiger partial charge in [0.25, 0.3) is 5.91 Å². The van der Waals surface area contributed by atoms with E-state index in [0.29, 0.717) is 21.7 Å². The first-order valence-electron chi connectivity index (χ1n) is 5.97. The second-order valence-electron chi connectivity index (χ2n) is 4.44. The smallest absolute Gasteiger partial charge is 0.293 e. The molecule has 2 aromatic heterocycles. The van der Waals surface area contributed by atoms with E-state index in [2.05, 4.69) is 10.3 Å². The van der Waals surface area contributed by atoms with E-state index >= 15 is 0 Å². The Balaban J connectivity index is 1.97. The third kappa shape index (κ3) is 2.18. The van der Waals surface area contributed by atoms with Gasteiger partial charge in [-0.05, 0) is 32.0 Å². The largest absolute Gasteiger partial charge is 0.451 e. The van der Waals surface area contributed by atoms with Crippen LogP contribution in [0.2, 0.25) is 0 Å². The van der Waals surface area contributed by atoms with Gasteiger partial charge in [0.1, 0.15) is 11.4 Å². The summed E-state index contributed by atoms with van der Waals surface area (Å²) in [5, 5.41) is 5.63. The molecule has 0 bridgehead atoms. The molecule has 0 unspecified atom stereocenters. The van der Waals surface area contributed by atoms with Gasteiger partial charge in [0, 0.05) is 16.3 Å². The summed E-state index contributed by atoms with van der Waals surface area (Å²) < 4.78 is 18.7. The number of fused-ring (bicyclic) bond motifs is 1. The van der Waals surface area contributed by atoms with Crippen LogP contribution in [0.25, 0.3) is 11.0 Å². The van der Waals surface area contributed by atoms with Gasteiger partial charge in [0.2, 0.25) is 0 Å². The van der Waals surface area contributed by atoms with Crippen LogP contribution in [0.5, 0.6) is 0 Å². The molecular weight excluding hydrogens is 279 g/mol. The van der Waals surface area contributed by atoms with Crippen molar-refractivity contribution >= 4 is 33.3 Å². The highest BCUT2D eigenvalue weighted by atomic mass is 32.1. The first-order chi connectivity index (χ1) is 9.54. The average molecular weight is 290 g/mol. The summed E-state index contributed by atoms with van der Waals surface area (Å²) in [6, 6.07) is 4.18. The number of hydrogen-bond donors (Lipinski definition) is 1. The Morgan fingerprint density at radius 3 is 2.90 bits per heavy atom. The second-order valence-corrected chi connectivity index (χ2v) is 5.30. The second kappa shape index (κ2) is 4.72. The molecule has 0 spiro atoms. The van der Waals surface area contributed by atoms with Crippen LogP contribution < -0.4 is 5.32 Å². The van der Waals surface area contributed by atoms with Gasteiger partial charge >= 0.3 is 0 Å². The number of carbonyl (C=O) groups is 1. The van der Waals surface area contributed by atoms with Crippen LogP contribution in [0.3, 0.4) is 0 Å². The van der Waals surface area contributed by atoms with Crippen molar-refractivity contribution in [3.05, 3.63) is 46.4 Å². The summed E-state index contributed by atoms with van der Waals surface area (Å²) in [6.07, 6.45) is 0. The van der Waals surface area contributed by atoms with Gasteiger partial charge in [-0.3, -0.25) is 10.1 Å². The van der Waals surface area contributed by atoms with Gasteiger partial charge in [0.15, 0.2) is 10.9 Å². The molecule has 20 heavy (non-hydrogen) atoms. The van der Waals surface area contributed by atoms with E-state index in [4.69, 9.17) is 4.42 Å². The molecule has 1 N–H and O–H groups in total. The van der Waals surface area contributed by atoms with Gasteiger partial charge in [-0.1, -0.05) is 0 Å². The Morgan fingerprint density at radius 1 is 1.40 bits per heavy atom. The van der Waals surface area contributed by atoms with E-state index < -0.39 is 0 Å². The Hall–Kier alpha value is -2.21. The maximum absolute atomic E-state index is 13.2. The Kier molecular flexibility index (Phi) is 3.02. The van der Waals surface area contributed by atoms with Crippen LogP contribution in [0, 0.1) is 19.7 Å². The molecule has 1 amide bonds. The van der Waals surface area contributed by atoms with Crippen LogP contribution >= 0.6 is 11.3 Å². The summed E-state index contributed by atoms with van der Waals surface area (Å²) in [5.74, 6) is -0.559. The quantitative estimate of drug-likeness (QED) is 0.778. The number of carbonyl (C=O) groups excluding carboxylic acids is 1. The van der Waals surface area contributed by atoms with Crippen LogP contribution in [-0.4, -0.2) is 10.9 Å². The molecule has 3 aromatic rings. The van der Waals surface area contributed by atoms with Crippen molar-refractivity contribution in [2.24, 2.45) is 0 Å². The van der Waals surface area contributed by atoms with Crippen LogP contribution in [0.1, 0.15) is 21.8 Å². The third-order valence-electron chi connectivity index (χ3n) is 2.94. The summed E-state index contributed by atoms with van der Waals surface area (Å²) in [4.78, 5) is 16.3. The third-order valence-corrected chi connectivity index (χ3v) is 3.82. The average Bonchev–Trinajstić information content (AvgIpc) is 2.94. The van der Waals surface area contributed by atoms with Gasteiger partial charge < -0.3 is 4.42 Å². The molecule has 0 fully saturated rings. The Morgan fingerprint density at radius 2 is 2.20 bits per heavy atom. The van der Waals surface area contributed by atoms with E-state index in [-0.39, 0.29) is 17.5 Å². The molecule has 0 aliphatic heterocycles. The Labute approximate surface area is 118 Å². The molecule has 4 nitrogen and oxygen atoms in total. The van der Waals surface area contributed by atoms with Crippen molar-refractivity contribution in [2.75, 3.05) is 5.32 Å². The molecule has 2 heterocycles. The van der Waals surface area contributed by atoms with Crippen LogP contribution in [0.4, 0.5) is 9.52 Å². The lowest BCUT2D eigenvalue weighted by atomic mass is 10.1. The molecule has 0 saturated heterocycles. The van der Waals surface area contributed by atoms with Gasteiger partial charge in [-0.25, -0.2) is 9.37 Å². The fraction of sp³-hybridized carbons (Fsp3) is 0.143. The fourth-order valence-corrected chi connectivity index (χ4v) is 2.66. The number of aromatic nitrogens is 1. The zero-order valence-electron chi connectivity index (χ0n) is 10.9. The van der Waals surface area contributed by atoms with E-state index in [9.17, 15) is 9.18 Å². The maximum Gasteiger partial charge on any atom is 0.293 e. The highest BCUT2D eigenvalue weighted by Gasteiger charge is 2.19. The zero-order valence-corrected chi connectivity index (χ0v) is 11.7. The first-order valence-corrected chi connectivity index (χ1v) is 6.84. The van der Waals surface area contributed by atoms with E-state index in [0.717, 1.165) is 5.69 Å². The molecule has 102 valence electrons. The van der Waals surface area contributed by atoms with E-state index in [1.54, 1.807) is 6.92 Å². The van der Waals surface area contributed by atoms with Crippen molar-refractivity contribution in [1.82, 2.24) is 4.98 Å². The number of benzene rings is 1. The molecule has 6 heteroatoms. The molecule has 0 saturated carbocycles. The van der Waals surface area contributed by atoms with Crippen molar-refractivity contribution in [3.63, 3.8) is 0 Å². The lowest BCUT2D eigenvalue weighted by Crippen LogP contribution is -2.11. The SMILES string of the molecule is Cc1csc(NC(=O)c2oc3ccc(F)cc3c2C)n1. The Bertz CT molecular complexity index is 807. The zero-order chi connectivity index (χ0) is 14.3. The van der Waals surface area contributed by atoms with Crippen molar-refractivity contribution in [3.8, 4) is 0 Å². The topological polar surface area (TPSA) is 55.1 Å². The lowest BCUT2D eigenvalue weighted by molar-refractivity contribution is 0.0998. The number of nitrogens with zero attached hydrogens (tertiary/aromatic N) is 1. The predicted octanol–water partition coefficient (Wildman–Crippen LogP) is 3.90. The first kappa shape index (κ1) is 12.8. The summed E-state index contributed by atoms with van der Waals surface area (Å²) in [5.41, 5.74) is 1.95. The fourth-order valence-electron chi connectivity index (χ4n) is 1.97. The van der Waals surface area contributed by atoms with Gasteiger partial charge in [-0.15, -0.1) is 11.3 Å². The molecule has 0 radical (unpaired) electrons. The number of hydrogen-bond acceptors (Lipinski definition) is 4. The molecule has 1 aromatic carbocycles. The standard InChI is InChI=1S/C14H11FN2O2S/c1-7-6-20-14(16-7)17-13(18)12-8(2)10-5-9(15)3-4-11(10)19-12/h3-6H,1-2H3,(H,16,17,18). The normalized spacial score (nSPS) is 10.9. The molecule has 0 aliphatic rings. The molecular formula is C14H11FN2O2S. The minimum Gasteiger partial charge on any atom is -0.451 e. The van der Waals surface area contributed by atoms with Gasteiger partial charge in [-0.2, -0.15) is 0 Å². The number of rotatable bonds is 2. The number of aryl methyl sites for hydroxylation is 2. The number of halogens is 1. The van der Waals surface area contributed by atoms with Crippen LogP contribution in [0.15, 0.2) is 28.0 Å². The predicted molar refractivity (Wildman–Crippen MR) is 75.7 cm³/mol. The number of anilines is 1. The van der Waals surface area contributed by atoms with Crippen LogP contribution in [-0.2, 0) is 0 Å². The number of amides is 1. The highest BCUT2D eigenvalue weighted by Crippen LogP contribution is 2.27. The minimum atomic E-state index is -0.381. The van der Waals surface area contributed by atoms with E-state index in [1.807, 2.05) is 12.3 Å². The molecule has 3 rings (SSSR count). The van der Waals surface area contributed by atoms with E-state index in [1.165, 1.54) is 29.5 Å². The van der Waals surface area contributed by atoms with Gasteiger partial charge in [0.05, 0.1) is 5.69 Å². The van der Waals surface area contributed by atoms with Crippen molar-refractivity contribution < 1.29 is 13.6 Å². The highest BCUT2D eigenvalue weighted by molar-refractivity contribution is 7.13.